The van der Waals surface area contributed by atoms with E-state index in [1.54, 1.807) is 49.4 Å². The third-order valence-corrected chi connectivity index (χ3v) is 10.7. The first-order chi connectivity index (χ1) is 26.7. The summed E-state index contributed by atoms with van der Waals surface area (Å²) in [6.07, 6.45) is 5.40. The quantitative estimate of drug-likeness (QED) is 0.0334. The fraction of sp³-hybridized carbons (Fsp3) is 0.357. The SMILES string of the molecule is CCOP(=O)(OCC)C(Nc1ccc(CCCC(=O)OCCOc2cc(/C=C\c3cc(OC)c(OC)c(OC)c3)ccc2OC)cc1)c1ccc(OC)cc1. The van der Waals surface area contributed by atoms with Gasteiger partial charge in [-0.25, -0.2) is 0 Å². The zero-order valence-electron chi connectivity index (χ0n) is 32.6. The molecule has 4 aromatic rings. The summed E-state index contributed by atoms with van der Waals surface area (Å²) in [6.45, 7) is 4.30. The predicted molar refractivity (Wildman–Crippen MR) is 214 cm³/mol. The third kappa shape index (κ3) is 12.2. The monoisotopic (exact) mass is 777 g/mol. The Morgan fingerprint density at radius 1 is 0.691 bits per heavy atom. The lowest BCUT2D eigenvalue weighted by atomic mass is 10.1. The minimum absolute atomic E-state index is 0.0938. The first-order valence-corrected chi connectivity index (χ1v) is 19.6. The molecule has 0 spiro atoms. The summed E-state index contributed by atoms with van der Waals surface area (Å²) in [5, 5.41) is 3.36. The number of aryl methyl sites for hydroxylation is 1. The molecule has 0 saturated carbocycles. The first-order valence-electron chi connectivity index (χ1n) is 18.0. The molecular formula is C42H52NO11P. The van der Waals surface area contributed by atoms with Crippen molar-refractivity contribution in [2.24, 2.45) is 0 Å². The second kappa shape index (κ2) is 21.7. The molecule has 0 aliphatic rings. The average Bonchev–Trinajstić information content (AvgIpc) is 3.21. The number of rotatable bonds is 23. The molecule has 12 nitrogen and oxygen atoms in total. The van der Waals surface area contributed by atoms with Gasteiger partial charge in [0.1, 0.15) is 19.0 Å². The zero-order valence-corrected chi connectivity index (χ0v) is 33.5. The summed E-state index contributed by atoms with van der Waals surface area (Å²) >= 11 is 0. The predicted octanol–water partition coefficient (Wildman–Crippen LogP) is 9.22. The van der Waals surface area contributed by atoms with Crippen LogP contribution in [0, 0.1) is 0 Å². The standard InChI is InChI=1S/C42H52NO11P/c1-8-53-55(45,54-9-2)42(33-18-22-35(46-3)23-19-33)43-34-20-15-30(16-21-34)11-10-12-40(44)52-26-25-51-37-27-31(17-24-36(37)47-4)13-14-32-28-38(48-5)41(50-7)39(29-32)49-6/h13-24,27-29,42-43H,8-12,25-26H2,1-7H3/b14-13-. The van der Waals surface area contributed by atoms with Crippen LogP contribution in [0.4, 0.5) is 5.69 Å². The van der Waals surface area contributed by atoms with E-state index in [0.29, 0.717) is 47.3 Å². The van der Waals surface area contributed by atoms with Crippen molar-refractivity contribution in [2.45, 2.75) is 38.9 Å². The largest absolute Gasteiger partial charge is 0.497 e. The molecule has 55 heavy (non-hydrogen) atoms. The van der Waals surface area contributed by atoms with Crippen LogP contribution >= 0.6 is 7.60 Å². The molecule has 0 fully saturated rings. The number of anilines is 1. The third-order valence-electron chi connectivity index (χ3n) is 8.42. The molecule has 296 valence electrons. The topological polar surface area (TPSA) is 129 Å². The van der Waals surface area contributed by atoms with E-state index in [4.69, 9.17) is 42.2 Å². The molecule has 4 rings (SSSR count). The lowest BCUT2D eigenvalue weighted by Crippen LogP contribution is -2.15. The van der Waals surface area contributed by atoms with Gasteiger partial charge in [-0.1, -0.05) is 42.5 Å². The zero-order chi connectivity index (χ0) is 39.6. The molecule has 4 aromatic carbocycles. The van der Waals surface area contributed by atoms with Crippen molar-refractivity contribution < 1.29 is 51.6 Å². The average molecular weight is 778 g/mol. The Morgan fingerprint density at radius 3 is 1.89 bits per heavy atom. The van der Waals surface area contributed by atoms with E-state index in [-0.39, 0.29) is 38.8 Å². The van der Waals surface area contributed by atoms with Crippen LogP contribution in [-0.2, 0) is 29.6 Å². The van der Waals surface area contributed by atoms with Gasteiger partial charge in [0.05, 0.1) is 48.8 Å². The lowest BCUT2D eigenvalue weighted by Gasteiger charge is -2.28. The molecule has 0 amide bonds. The van der Waals surface area contributed by atoms with Crippen LogP contribution < -0.4 is 33.7 Å². The molecule has 0 aliphatic heterocycles. The lowest BCUT2D eigenvalue weighted by molar-refractivity contribution is -0.144. The summed E-state index contributed by atoms with van der Waals surface area (Å²) in [6, 6.07) is 24.4. The fourth-order valence-corrected chi connectivity index (χ4v) is 7.66. The number of ether oxygens (including phenoxy) is 7. The van der Waals surface area contributed by atoms with Gasteiger partial charge in [-0.2, -0.15) is 0 Å². The van der Waals surface area contributed by atoms with E-state index in [1.165, 1.54) is 0 Å². The van der Waals surface area contributed by atoms with Crippen molar-refractivity contribution in [1.29, 1.82) is 0 Å². The summed E-state index contributed by atoms with van der Waals surface area (Å²) < 4.78 is 63.7. The number of methoxy groups -OCH3 is 5. The fourth-order valence-electron chi connectivity index (χ4n) is 5.72. The van der Waals surface area contributed by atoms with E-state index < -0.39 is 13.4 Å². The molecule has 1 atom stereocenters. The van der Waals surface area contributed by atoms with Gasteiger partial charge < -0.3 is 47.5 Å². The molecular weight excluding hydrogens is 725 g/mol. The van der Waals surface area contributed by atoms with E-state index in [2.05, 4.69) is 5.32 Å². The highest BCUT2D eigenvalue weighted by Gasteiger charge is 2.37. The second-order valence-electron chi connectivity index (χ2n) is 12.0. The Bertz CT molecular complexity index is 1840. The van der Waals surface area contributed by atoms with Crippen molar-refractivity contribution in [3.05, 3.63) is 101 Å². The number of hydrogen-bond donors (Lipinski definition) is 1. The second-order valence-corrected chi connectivity index (χ2v) is 14.1. The number of nitrogens with one attached hydrogen (secondary N) is 1. The van der Waals surface area contributed by atoms with Crippen molar-refractivity contribution in [1.82, 2.24) is 0 Å². The molecule has 0 aliphatic carbocycles. The van der Waals surface area contributed by atoms with E-state index in [1.807, 2.05) is 91.0 Å². The van der Waals surface area contributed by atoms with Gasteiger partial charge in [0.25, 0.3) is 0 Å². The molecule has 0 radical (unpaired) electrons. The number of hydrogen-bond acceptors (Lipinski definition) is 12. The Balaban J connectivity index is 1.26. The molecule has 1 N–H and O–H groups in total. The first kappa shape index (κ1) is 42.6. The summed E-state index contributed by atoms with van der Waals surface area (Å²) in [4.78, 5) is 12.5. The van der Waals surface area contributed by atoms with Gasteiger partial charge in [-0.05, 0) is 97.5 Å². The van der Waals surface area contributed by atoms with Crippen LogP contribution in [0.25, 0.3) is 12.2 Å². The van der Waals surface area contributed by atoms with Crippen molar-refractivity contribution in [2.75, 3.05) is 67.3 Å². The van der Waals surface area contributed by atoms with E-state index in [9.17, 15) is 9.36 Å². The smallest absolute Gasteiger partial charge is 0.357 e. The van der Waals surface area contributed by atoms with Crippen LogP contribution in [0.3, 0.4) is 0 Å². The Hall–Kier alpha value is -5.16. The van der Waals surface area contributed by atoms with Gasteiger partial charge in [0.15, 0.2) is 28.8 Å². The van der Waals surface area contributed by atoms with Crippen molar-refractivity contribution >= 4 is 31.4 Å². The van der Waals surface area contributed by atoms with Crippen molar-refractivity contribution in [3.8, 4) is 34.5 Å². The Morgan fingerprint density at radius 2 is 1.31 bits per heavy atom. The van der Waals surface area contributed by atoms with Crippen LogP contribution in [0.15, 0.2) is 78.9 Å². The minimum Gasteiger partial charge on any atom is -0.497 e. The minimum atomic E-state index is -3.57. The van der Waals surface area contributed by atoms with Gasteiger partial charge in [-0.3, -0.25) is 9.36 Å². The van der Waals surface area contributed by atoms with Gasteiger partial charge in [-0.15, -0.1) is 0 Å². The van der Waals surface area contributed by atoms with E-state index >= 15 is 0 Å². The Labute approximate surface area is 324 Å². The molecule has 0 aromatic heterocycles. The highest BCUT2D eigenvalue weighted by atomic mass is 31.2. The molecule has 13 heteroatoms. The number of carbonyl (C=O) groups excluding carboxylic acids is 1. The molecule has 0 saturated heterocycles. The number of carbonyl (C=O) groups is 1. The number of esters is 1. The highest BCUT2D eigenvalue weighted by molar-refractivity contribution is 7.54. The summed E-state index contributed by atoms with van der Waals surface area (Å²) in [5.41, 5.74) is 4.27. The van der Waals surface area contributed by atoms with Crippen molar-refractivity contribution in [3.63, 3.8) is 0 Å². The normalized spacial score (nSPS) is 11.8. The van der Waals surface area contributed by atoms with Gasteiger partial charge >= 0.3 is 13.6 Å². The molecule has 0 heterocycles. The molecule has 0 bridgehead atoms. The van der Waals surface area contributed by atoms with Crippen LogP contribution in [-0.4, -0.2) is 67.9 Å². The van der Waals surface area contributed by atoms with Gasteiger partial charge in [0.2, 0.25) is 5.75 Å². The maximum atomic E-state index is 13.9. The molecule has 1 unspecified atom stereocenters. The van der Waals surface area contributed by atoms with Crippen LogP contribution in [0.1, 0.15) is 54.7 Å². The van der Waals surface area contributed by atoms with E-state index in [0.717, 1.165) is 27.9 Å². The van der Waals surface area contributed by atoms with Crippen LogP contribution in [0.5, 0.6) is 34.5 Å². The maximum Gasteiger partial charge on any atom is 0.357 e. The summed E-state index contributed by atoms with van der Waals surface area (Å²) in [5.74, 6) is 2.38. The highest BCUT2D eigenvalue weighted by Crippen LogP contribution is 2.61. The van der Waals surface area contributed by atoms with Gasteiger partial charge in [0, 0.05) is 12.1 Å². The number of benzene rings is 4. The van der Waals surface area contributed by atoms with Crippen LogP contribution in [0.2, 0.25) is 0 Å². The summed E-state index contributed by atoms with van der Waals surface area (Å²) in [7, 11) is 4.31. The maximum absolute atomic E-state index is 13.9. The Kier molecular flexibility index (Phi) is 16.8.